The molecule has 0 aliphatic carbocycles. The summed E-state index contributed by atoms with van der Waals surface area (Å²) in [6.07, 6.45) is 1.48. The minimum absolute atomic E-state index is 0.164. The van der Waals surface area contributed by atoms with Crippen LogP contribution in [0.4, 0.5) is 0 Å². The molecular formula is C14H22O5. The van der Waals surface area contributed by atoms with E-state index in [0.29, 0.717) is 6.42 Å². The number of hydrogen-bond donors (Lipinski definition) is 0. The second-order valence-electron chi connectivity index (χ2n) is 5.80. The summed E-state index contributed by atoms with van der Waals surface area (Å²) >= 11 is 0. The van der Waals surface area contributed by atoms with Gasteiger partial charge in [0.15, 0.2) is 0 Å². The highest BCUT2D eigenvalue weighted by molar-refractivity contribution is 5.75. The zero-order chi connectivity index (χ0) is 14.6. The van der Waals surface area contributed by atoms with Crippen molar-refractivity contribution in [2.75, 3.05) is 6.61 Å². The molecule has 0 saturated heterocycles. The Hall–Kier alpha value is -1.52. The third-order valence-corrected chi connectivity index (χ3v) is 2.75. The fourth-order valence-electron chi connectivity index (χ4n) is 1.59. The number of hydrogen-bond acceptors (Lipinski definition) is 5. The summed E-state index contributed by atoms with van der Waals surface area (Å²) in [5.41, 5.74) is 0.323. The van der Waals surface area contributed by atoms with Gasteiger partial charge in [0.05, 0.1) is 11.7 Å². The first kappa shape index (κ1) is 15.5. The third-order valence-electron chi connectivity index (χ3n) is 2.75. The lowest BCUT2D eigenvalue weighted by molar-refractivity contribution is -0.159. The number of ether oxygens (including phenoxy) is 3. The molecule has 1 rings (SSSR count). The van der Waals surface area contributed by atoms with Crippen LogP contribution in [0.1, 0.15) is 41.0 Å². The van der Waals surface area contributed by atoms with E-state index in [1.807, 2.05) is 6.92 Å². The highest BCUT2D eigenvalue weighted by Crippen LogP contribution is 2.22. The molecule has 0 aromatic carbocycles. The maximum absolute atomic E-state index is 11.7. The monoisotopic (exact) mass is 270 g/mol. The van der Waals surface area contributed by atoms with Gasteiger partial charge in [-0.2, -0.15) is 0 Å². The van der Waals surface area contributed by atoms with Crippen molar-refractivity contribution in [3.63, 3.8) is 0 Å². The van der Waals surface area contributed by atoms with Crippen LogP contribution in [0, 0.1) is 5.41 Å². The fourth-order valence-corrected chi connectivity index (χ4v) is 1.59. The van der Waals surface area contributed by atoms with E-state index >= 15 is 0 Å². The minimum Gasteiger partial charge on any atom is -0.494 e. The number of esters is 2. The number of carbonyl (C=O) groups excluding carboxylic acids is 2. The highest BCUT2D eigenvalue weighted by atomic mass is 16.6. The molecule has 5 nitrogen and oxygen atoms in total. The zero-order valence-corrected chi connectivity index (χ0v) is 12.2. The quantitative estimate of drug-likeness (QED) is 0.736. The van der Waals surface area contributed by atoms with Gasteiger partial charge in [0, 0.05) is 18.9 Å². The first-order valence-electron chi connectivity index (χ1n) is 6.36. The fraction of sp³-hybridized carbons (Fsp3) is 0.714. The van der Waals surface area contributed by atoms with E-state index in [0.717, 1.165) is 5.57 Å². The molecule has 0 fully saturated rings. The third kappa shape index (κ3) is 4.93. The Kier molecular flexibility index (Phi) is 4.97. The molecule has 0 saturated carbocycles. The molecule has 1 aliphatic rings. The summed E-state index contributed by atoms with van der Waals surface area (Å²) in [5, 5.41) is 0. The van der Waals surface area contributed by atoms with Gasteiger partial charge < -0.3 is 14.2 Å². The molecule has 0 radical (unpaired) electrons. The second-order valence-corrected chi connectivity index (χ2v) is 5.80. The Morgan fingerprint density at radius 3 is 2.58 bits per heavy atom. The molecule has 2 atom stereocenters. The lowest BCUT2D eigenvalue weighted by atomic mass is 9.97. The van der Waals surface area contributed by atoms with Gasteiger partial charge in [-0.1, -0.05) is 0 Å². The molecule has 19 heavy (non-hydrogen) atoms. The van der Waals surface area contributed by atoms with Gasteiger partial charge in [0.1, 0.15) is 18.8 Å². The van der Waals surface area contributed by atoms with Crippen LogP contribution in [0.2, 0.25) is 0 Å². The van der Waals surface area contributed by atoms with Crippen molar-refractivity contribution in [3.05, 3.63) is 11.8 Å². The van der Waals surface area contributed by atoms with Gasteiger partial charge in [-0.25, -0.2) is 0 Å². The lowest BCUT2D eigenvalue weighted by Crippen LogP contribution is -2.34. The summed E-state index contributed by atoms with van der Waals surface area (Å²) in [4.78, 5) is 22.6. The molecule has 1 aliphatic heterocycles. The summed E-state index contributed by atoms with van der Waals surface area (Å²) in [7, 11) is 0. The van der Waals surface area contributed by atoms with E-state index in [1.54, 1.807) is 27.0 Å². The first-order chi connectivity index (χ1) is 8.70. The van der Waals surface area contributed by atoms with E-state index < -0.39 is 5.41 Å². The van der Waals surface area contributed by atoms with Crippen molar-refractivity contribution in [1.82, 2.24) is 0 Å². The SMILES string of the molecule is CC(=O)O[C@H]1C[C@@H](COC(=O)C(C)(C)C)OC=C1C. The molecule has 1 heterocycles. The van der Waals surface area contributed by atoms with Crippen LogP contribution in [0.5, 0.6) is 0 Å². The Balaban J connectivity index is 2.49. The van der Waals surface area contributed by atoms with Gasteiger partial charge in [-0.3, -0.25) is 9.59 Å². The second kappa shape index (κ2) is 6.08. The van der Waals surface area contributed by atoms with Gasteiger partial charge in [-0.15, -0.1) is 0 Å². The molecule has 0 bridgehead atoms. The van der Waals surface area contributed by atoms with Crippen molar-refractivity contribution in [3.8, 4) is 0 Å². The van der Waals surface area contributed by atoms with Crippen LogP contribution in [0.15, 0.2) is 11.8 Å². The normalized spacial score (nSPS) is 23.1. The first-order valence-corrected chi connectivity index (χ1v) is 6.36. The summed E-state index contributed by atoms with van der Waals surface area (Å²) < 4.78 is 15.8. The summed E-state index contributed by atoms with van der Waals surface area (Å²) in [5.74, 6) is -0.600. The van der Waals surface area contributed by atoms with E-state index in [4.69, 9.17) is 14.2 Å². The molecule has 0 unspecified atom stereocenters. The zero-order valence-electron chi connectivity index (χ0n) is 12.2. The Morgan fingerprint density at radius 2 is 2.05 bits per heavy atom. The van der Waals surface area contributed by atoms with Crippen LogP contribution in [0.25, 0.3) is 0 Å². The van der Waals surface area contributed by atoms with Crippen LogP contribution in [0.3, 0.4) is 0 Å². The molecule has 0 aromatic rings. The Bertz CT molecular complexity index is 378. The Morgan fingerprint density at radius 1 is 1.42 bits per heavy atom. The van der Waals surface area contributed by atoms with E-state index in [1.165, 1.54) is 6.92 Å². The number of rotatable bonds is 3. The van der Waals surface area contributed by atoms with Crippen LogP contribution in [-0.4, -0.2) is 30.8 Å². The molecule has 108 valence electrons. The van der Waals surface area contributed by atoms with Crippen molar-refractivity contribution >= 4 is 11.9 Å². The van der Waals surface area contributed by atoms with Gasteiger partial charge in [0.2, 0.25) is 0 Å². The molecule has 0 amide bonds. The van der Waals surface area contributed by atoms with Gasteiger partial charge in [-0.05, 0) is 27.7 Å². The maximum Gasteiger partial charge on any atom is 0.311 e. The van der Waals surface area contributed by atoms with Gasteiger partial charge >= 0.3 is 11.9 Å². The van der Waals surface area contributed by atoms with E-state index in [2.05, 4.69) is 0 Å². The van der Waals surface area contributed by atoms with Crippen LogP contribution in [-0.2, 0) is 23.8 Å². The molecule has 0 spiro atoms. The predicted octanol–water partition coefficient (Wildman–Crippen LogP) is 2.20. The maximum atomic E-state index is 11.7. The van der Waals surface area contributed by atoms with Crippen molar-refractivity contribution in [1.29, 1.82) is 0 Å². The molecule has 0 N–H and O–H groups in total. The lowest BCUT2D eigenvalue weighted by Gasteiger charge is -2.28. The predicted molar refractivity (Wildman–Crippen MR) is 69.2 cm³/mol. The minimum atomic E-state index is -0.532. The topological polar surface area (TPSA) is 61.8 Å². The molecular weight excluding hydrogens is 248 g/mol. The van der Waals surface area contributed by atoms with Crippen molar-refractivity contribution < 1.29 is 23.8 Å². The van der Waals surface area contributed by atoms with Gasteiger partial charge in [0.25, 0.3) is 0 Å². The summed E-state index contributed by atoms with van der Waals surface area (Å²) in [6.45, 7) is 8.76. The summed E-state index contributed by atoms with van der Waals surface area (Å²) in [6, 6.07) is 0. The highest BCUT2D eigenvalue weighted by Gasteiger charge is 2.29. The standard InChI is InChI=1S/C14H22O5/c1-9-7-17-11(6-12(9)19-10(2)15)8-18-13(16)14(3,4)5/h7,11-12H,6,8H2,1-5H3/t11-,12-/m0/s1. The molecule has 5 heteroatoms. The van der Waals surface area contributed by atoms with Crippen LogP contribution < -0.4 is 0 Å². The molecule has 0 aromatic heterocycles. The average Bonchev–Trinajstić information content (AvgIpc) is 2.27. The average molecular weight is 270 g/mol. The van der Waals surface area contributed by atoms with Crippen molar-refractivity contribution in [2.45, 2.75) is 53.2 Å². The van der Waals surface area contributed by atoms with Crippen LogP contribution >= 0.6 is 0 Å². The Labute approximate surface area is 113 Å². The number of carbonyl (C=O) groups is 2. The smallest absolute Gasteiger partial charge is 0.311 e. The largest absolute Gasteiger partial charge is 0.494 e. The van der Waals surface area contributed by atoms with E-state index in [9.17, 15) is 9.59 Å². The van der Waals surface area contributed by atoms with E-state index in [-0.39, 0.29) is 30.8 Å². The van der Waals surface area contributed by atoms with Crippen molar-refractivity contribution in [2.24, 2.45) is 5.41 Å².